The van der Waals surface area contributed by atoms with E-state index in [1.54, 1.807) is 0 Å². The largest absolute Gasteiger partial charge is 0.717 e. The minimum absolute atomic E-state index is 0.166. The average Bonchev–Trinajstić information content (AvgIpc) is 2.46. The Morgan fingerprint density at radius 1 is 0.710 bits per heavy atom. The van der Waals surface area contributed by atoms with Crippen LogP contribution < -0.4 is 9.61 Å². The van der Waals surface area contributed by atoms with Gasteiger partial charge in [-0.15, -0.1) is 0 Å². The Balaban J connectivity index is 3.58. The summed E-state index contributed by atoms with van der Waals surface area (Å²) in [4.78, 5) is 0. The zero-order valence-electron chi connectivity index (χ0n) is 21.6. The first-order chi connectivity index (χ1) is 13.7. The lowest BCUT2D eigenvalue weighted by Gasteiger charge is -2.40. The van der Waals surface area contributed by atoms with Crippen molar-refractivity contribution in [2.45, 2.75) is 78.6 Å². The molecule has 0 heterocycles. The molecular weight excluding hydrogens is 489 g/mol. The maximum atomic E-state index is 6.74. The highest BCUT2D eigenvalue weighted by molar-refractivity contribution is 6.88. The highest BCUT2D eigenvalue weighted by Gasteiger charge is 2.56. The molecule has 0 saturated heterocycles. The van der Waals surface area contributed by atoms with Crippen LogP contribution in [0.2, 0.25) is 78.6 Å². The summed E-state index contributed by atoms with van der Waals surface area (Å²) in [5.74, 6) is 0.718. The molecule has 11 heteroatoms. The van der Waals surface area contributed by atoms with Crippen LogP contribution in [0.4, 0.5) is 0 Å². The Bertz CT molecular complexity index is 704. The Hall–Kier alpha value is -0.0987. The van der Waals surface area contributed by atoms with Gasteiger partial charge in [0.05, 0.1) is 0 Å². The second-order valence-corrected chi connectivity index (χ2v) is 33.6. The molecule has 0 bridgehead atoms. The molecule has 0 amide bonds. The van der Waals surface area contributed by atoms with Gasteiger partial charge in [0.25, 0.3) is 9.76 Å². The van der Waals surface area contributed by atoms with Crippen molar-refractivity contribution in [1.82, 2.24) is 0 Å². The minimum Gasteiger partial charge on any atom is -0.482 e. The second kappa shape index (κ2) is 10.4. The Morgan fingerprint density at radius 2 is 1.16 bits per heavy atom. The smallest absolute Gasteiger partial charge is 0.482 e. The van der Waals surface area contributed by atoms with Crippen LogP contribution in [0.1, 0.15) is 5.56 Å². The van der Waals surface area contributed by atoms with Crippen molar-refractivity contribution in [3.63, 3.8) is 0 Å². The zero-order chi connectivity index (χ0) is 24.3. The van der Waals surface area contributed by atoms with Gasteiger partial charge in [-0.1, -0.05) is 24.8 Å². The summed E-state index contributed by atoms with van der Waals surface area (Å²) in [6, 6.07) is 5.99. The van der Waals surface area contributed by atoms with E-state index in [0.717, 1.165) is 16.5 Å². The lowest BCUT2D eigenvalue weighted by Crippen LogP contribution is -2.64. The molecule has 5 nitrogen and oxygen atoms in total. The summed E-state index contributed by atoms with van der Waals surface area (Å²) in [5.41, 5.74) is 1.01. The van der Waals surface area contributed by atoms with Crippen molar-refractivity contribution in [1.29, 1.82) is 0 Å². The minimum atomic E-state index is -3.47. The monoisotopic (exact) mass is 530 g/mol. The van der Waals surface area contributed by atoms with Gasteiger partial charge in [0.15, 0.2) is 33.3 Å². The molecule has 176 valence electrons. The van der Waals surface area contributed by atoms with Gasteiger partial charge in [0.1, 0.15) is 5.75 Å². The first-order valence-corrected chi connectivity index (χ1v) is 26.9. The van der Waals surface area contributed by atoms with Gasteiger partial charge < -0.3 is 20.9 Å². The number of rotatable bonds is 12. The molecule has 1 aromatic rings. The van der Waals surface area contributed by atoms with E-state index in [0.29, 0.717) is 0 Å². The summed E-state index contributed by atoms with van der Waals surface area (Å²) in [5, 5.41) is 0.995. The fourth-order valence-corrected chi connectivity index (χ4v) is 16.3. The van der Waals surface area contributed by atoms with Crippen LogP contribution in [0.15, 0.2) is 24.8 Å². The molecule has 0 aliphatic carbocycles. The summed E-state index contributed by atoms with van der Waals surface area (Å²) < 4.78 is 33.1. The van der Waals surface area contributed by atoms with Crippen molar-refractivity contribution in [2.75, 3.05) is 0 Å². The Kier molecular flexibility index (Phi) is 9.75. The van der Waals surface area contributed by atoms with E-state index in [9.17, 15) is 0 Å². The van der Waals surface area contributed by atoms with Gasteiger partial charge in [0, 0.05) is 5.19 Å². The van der Waals surface area contributed by atoms with E-state index in [1.165, 1.54) is 0 Å². The second-order valence-electron chi connectivity index (χ2n) is 11.5. The lowest BCUT2D eigenvalue weighted by molar-refractivity contribution is 0.153. The summed E-state index contributed by atoms with van der Waals surface area (Å²) in [6.07, 6.45) is 1.85. The number of benzene rings is 1. The molecule has 1 aromatic carbocycles. The maximum absolute atomic E-state index is 6.74. The van der Waals surface area contributed by atoms with Crippen LogP contribution in [0.25, 0.3) is 6.08 Å². The topological polar surface area (TPSA) is 46.2 Å². The maximum Gasteiger partial charge on any atom is 0.717 e. The third kappa shape index (κ3) is 11.5. The highest BCUT2D eigenvalue weighted by Crippen LogP contribution is 2.28. The molecule has 0 aliphatic heterocycles. The third-order valence-electron chi connectivity index (χ3n) is 3.27. The van der Waals surface area contributed by atoms with Gasteiger partial charge in [-0.2, -0.15) is 0 Å². The molecule has 0 saturated carbocycles. The predicted molar refractivity (Wildman–Crippen MR) is 146 cm³/mol. The van der Waals surface area contributed by atoms with E-state index >= 15 is 0 Å². The van der Waals surface area contributed by atoms with E-state index in [1.807, 2.05) is 24.3 Å². The number of hydrogen-bond acceptors (Lipinski definition) is 5. The van der Waals surface area contributed by atoms with E-state index in [4.69, 9.17) is 20.9 Å². The molecule has 2 radical (unpaired) electrons. The summed E-state index contributed by atoms with van der Waals surface area (Å²) >= 11 is 0. The molecule has 0 N–H and O–H groups in total. The lowest BCUT2D eigenvalue weighted by atomic mass is 10.2. The van der Waals surface area contributed by atoms with Crippen LogP contribution >= 0.6 is 0 Å². The quantitative estimate of drug-likeness (QED) is 0.320. The molecule has 1 rings (SSSR count). The van der Waals surface area contributed by atoms with Gasteiger partial charge in [-0.05, 0) is 90.2 Å². The van der Waals surface area contributed by atoms with Crippen molar-refractivity contribution in [3.05, 3.63) is 30.3 Å². The predicted octanol–water partition coefficient (Wildman–Crippen LogP) is 5.79. The molecule has 0 aromatic heterocycles. The van der Waals surface area contributed by atoms with E-state index in [2.05, 4.69) is 85.1 Å². The highest BCUT2D eigenvalue weighted by atomic mass is 28.5. The molecule has 0 fully saturated rings. The molecule has 0 aliphatic rings. The van der Waals surface area contributed by atoms with Gasteiger partial charge in [0.2, 0.25) is 0 Å². The van der Waals surface area contributed by atoms with Gasteiger partial charge >= 0.3 is 9.05 Å². The van der Waals surface area contributed by atoms with Gasteiger partial charge in [-0.25, -0.2) is 0 Å². The fraction of sp³-hybridized carbons (Fsp3) is 0.600. The summed E-state index contributed by atoms with van der Waals surface area (Å²) in [7, 11) is -11.2. The zero-order valence-corrected chi connectivity index (χ0v) is 27.6. The van der Waals surface area contributed by atoms with Crippen molar-refractivity contribution in [2.24, 2.45) is 0 Å². The molecule has 0 spiro atoms. The Morgan fingerprint density at radius 3 is 1.52 bits per heavy atom. The first kappa shape index (κ1) is 28.9. The third-order valence-corrected chi connectivity index (χ3v) is 17.7. The molecule has 31 heavy (non-hydrogen) atoms. The van der Waals surface area contributed by atoms with Crippen LogP contribution in [0.5, 0.6) is 5.75 Å². The van der Waals surface area contributed by atoms with E-state index in [-0.39, 0.29) is 9.76 Å². The first-order valence-electron chi connectivity index (χ1n) is 10.7. The molecule has 0 unspecified atom stereocenters. The molecule has 0 atom stereocenters. The van der Waals surface area contributed by atoms with Crippen molar-refractivity contribution < 1.29 is 20.9 Å². The average molecular weight is 531 g/mol. The van der Waals surface area contributed by atoms with Crippen LogP contribution in [0, 0.1) is 0 Å². The van der Waals surface area contributed by atoms with Crippen molar-refractivity contribution >= 4 is 63.3 Å². The molecular formula is C20H42O5Si6. The van der Waals surface area contributed by atoms with Gasteiger partial charge in [-0.3, -0.25) is 0 Å². The van der Waals surface area contributed by atoms with Crippen LogP contribution in [-0.2, 0) is 16.5 Å². The van der Waals surface area contributed by atoms with Crippen molar-refractivity contribution in [3.8, 4) is 5.75 Å². The van der Waals surface area contributed by atoms with E-state index < -0.39 is 42.3 Å². The standard InChI is InChI=1S/C20H42O5Si6/c1-14-18-16-15-17-19(20(18)26-22-27(2,3)4)21-31(23-28(5,6)7,24-29(8,9)10)25-30(11,12)13/h14-17H,1H2,2-13H3. The van der Waals surface area contributed by atoms with Crippen LogP contribution in [-0.4, -0.2) is 52.1 Å². The SMILES string of the molecule is C=Cc1cccc(O[Si](O[Si](C)(C)C)(O[Si](C)(C)C)O[Si](C)(C)C)c1[Si]O[Si](C)(C)C. The Labute approximate surface area is 198 Å². The number of hydrogen-bond donors (Lipinski definition) is 0. The van der Waals surface area contributed by atoms with Crippen LogP contribution in [0.3, 0.4) is 0 Å². The summed E-state index contributed by atoms with van der Waals surface area (Å²) in [6.45, 7) is 29.9. The normalized spacial score (nSPS) is 13.9. The fourth-order valence-electron chi connectivity index (χ4n) is 2.50.